The molecule has 0 saturated heterocycles. The molecule has 3 N–H and O–H groups in total. The summed E-state index contributed by atoms with van der Waals surface area (Å²) >= 11 is 0. The Labute approximate surface area is 105 Å². The van der Waals surface area contributed by atoms with E-state index in [2.05, 4.69) is 5.32 Å². The zero-order chi connectivity index (χ0) is 12.5. The summed E-state index contributed by atoms with van der Waals surface area (Å²) in [5.74, 6) is 0. The average Bonchev–Trinajstić information content (AvgIpc) is 2.33. The third-order valence-electron chi connectivity index (χ3n) is 2.87. The molecule has 1 aliphatic rings. The molecule has 0 atom stereocenters. The van der Waals surface area contributed by atoms with Gasteiger partial charge in [0.2, 0.25) is 0 Å². The summed E-state index contributed by atoms with van der Waals surface area (Å²) in [6.07, 6.45) is 9.70. The summed E-state index contributed by atoms with van der Waals surface area (Å²) in [5, 5.41) is 18.1. The van der Waals surface area contributed by atoms with Crippen LogP contribution in [0.1, 0.15) is 40.5 Å². The molecule has 1 rings (SSSR count). The van der Waals surface area contributed by atoms with Crippen molar-refractivity contribution < 1.29 is 6.16 Å². The fourth-order valence-corrected chi connectivity index (χ4v) is 1.92. The third-order valence-corrected chi connectivity index (χ3v) is 2.87. The lowest BCUT2D eigenvalue weighted by molar-refractivity contribution is 0.133. The molecule has 0 spiro atoms. The molecule has 0 unspecified atom stereocenters. The molecule has 1 aliphatic carbocycles. The molecule has 17 heavy (non-hydrogen) atoms. The van der Waals surface area contributed by atoms with Gasteiger partial charge >= 0.3 is 0 Å². The number of rotatable bonds is 7. The Balaban J connectivity index is 0.00000289. The van der Waals surface area contributed by atoms with Crippen LogP contribution < -0.4 is 5.32 Å². The van der Waals surface area contributed by atoms with Crippen LogP contribution in [0.4, 0.5) is 0 Å². The van der Waals surface area contributed by atoms with Gasteiger partial charge in [-0.1, -0.05) is 19.3 Å². The Bertz CT molecular complexity index is 286. The summed E-state index contributed by atoms with van der Waals surface area (Å²) in [5.41, 5.74) is 0.858. The van der Waals surface area contributed by atoms with E-state index in [1.165, 1.54) is 32.1 Å². The second-order valence-electron chi connectivity index (χ2n) is 4.57. The number of hydrogen-bond acceptors (Lipinski definition) is 4. The maximum Gasteiger partial charge on any atom is 0.0972 e. The third kappa shape index (κ3) is 7.02. The Morgan fingerprint density at radius 3 is 2.65 bits per heavy atom. The molecule has 0 aromatic heterocycles. The number of allylic oxidation sites excluding steroid dienone is 1. The van der Waals surface area contributed by atoms with E-state index in [4.69, 9.17) is 15.6 Å². The molecule has 0 aromatic carbocycles. The Hall–Kier alpha value is -1.00. The van der Waals surface area contributed by atoms with Crippen LogP contribution >= 0.6 is 0 Å². The standard InChI is InChI=1S/C13H23N3O.H2/c1-11(14)7-8-12(15)9-17-10-16-13-5-3-2-4-6-13;/h7-8,13-16H,2-6,9-10H2,1H3;1H/b8-7-,14-11?,15-12?;. The Morgan fingerprint density at radius 1 is 1.29 bits per heavy atom. The van der Waals surface area contributed by atoms with Crippen molar-refractivity contribution >= 4 is 11.4 Å². The fourth-order valence-electron chi connectivity index (χ4n) is 1.92. The molecule has 1 saturated carbocycles. The van der Waals surface area contributed by atoms with Gasteiger partial charge in [-0.05, 0) is 31.9 Å². The highest BCUT2D eigenvalue weighted by molar-refractivity contribution is 6.00. The summed E-state index contributed by atoms with van der Waals surface area (Å²) in [7, 11) is 0. The van der Waals surface area contributed by atoms with Crippen molar-refractivity contribution in [2.75, 3.05) is 13.3 Å². The maximum absolute atomic E-state index is 7.57. The van der Waals surface area contributed by atoms with Crippen molar-refractivity contribution in [2.45, 2.75) is 45.1 Å². The van der Waals surface area contributed by atoms with Crippen LogP contribution in [0.2, 0.25) is 0 Å². The molecule has 0 bridgehead atoms. The van der Waals surface area contributed by atoms with E-state index >= 15 is 0 Å². The molecule has 98 valence electrons. The fraction of sp³-hybridized carbons (Fsp3) is 0.692. The first-order valence-electron chi connectivity index (χ1n) is 6.30. The Morgan fingerprint density at radius 2 is 2.00 bits per heavy atom. The second kappa shape index (κ2) is 8.14. The molecule has 0 amide bonds. The van der Waals surface area contributed by atoms with Crippen LogP contribution in [0.3, 0.4) is 0 Å². The van der Waals surface area contributed by atoms with Gasteiger partial charge in [0, 0.05) is 13.2 Å². The highest BCUT2D eigenvalue weighted by atomic mass is 16.5. The van der Waals surface area contributed by atoms with Crippen molar-refractivity contribution in [1.29, 1.82) is 10.8 Å². The van der Waals surface area contributed by atoms with Crippen LogP contribution in [0.15, 0.2) is 12.2 Å². The van der Waals surface area contributed by atoms with Gasteiger partial charge in [0.05, 0.1) is 19.0 Å². The predicted octanol–water partition coefficient (Wildman–Crippen LogP) is 2.74. The van der Waals surface area contributed by atoms with E-state index in [1.54, 1.807) is 19.1 Å². The predicted molar refractivity (Wildman–Crippen MR) is 73.2 cm³/mol. The molecule has 4 heteroatoms. The maximum atomic E-state index is 7.57. The lowest BCUT2D eigenvalue weighted by atomic mass is 9.96. The molecular weight excluding hydrogens is 214 g/mol. The minimum atomic E-state index is 0. The van der Waals surface area contributed by atoms with Crippen molar-refractivity contribution in [3.63, 3.8) is 0 Å². The Kier molecular flexibility index (Phi) is 6.74. The first kappa shape index (κ1) is 14.1. The van der Waals surface area contributed by atoms with Gasteiger partial charge in [0.25, 0.3) is 0 Å². The largest absolute Gasteiger partial charge is 0.360 e. The quantitative estimate of drug-likeness (QED) is 0.363. The van der Waals surface area contributed by atoms with Gasteiger partial charge in [0.15, 0.2) is 0 Å². The summed E-state index contributed by atoms with van der Waals surface area (Å²) in [6, 6.07) is 0.595. The van der Waals surface area contributed by atoms with E-state index in [-0.39, 0.29) is 1.43 Å². The van der Waals surface area contributed by atoms with Crippen molar-refractivity contribution in [2.24, 2.45) is 0 Å². The van der Waals surface area contributed by atoms with Crippen LogP contribution in [0, 0.1) is 10.8 Å². The van der Waals surface area contributed by atoms with E-state index in [9.17, 15) is 0 Å². The van der Waals surface area contributed by atoms with E-state index in [0.29, 0.717) is 30.8 Å². The zero-order valence-corrected chi connectivity index (χ0v) is 10.6. The number of hydrogen-bond donors (Lipinski definition) is 3. The van der Waals surface area contributed by atoms with Gasteiger partial charge in [0.1, 0.15) is 0 Å². The van der Waals surface area contributed by atoms with Crippen LogP contribution in [0.5, 0.6) is 0 Å². The SMILES string of the molecule is CC(=N)/C=C\C(=N)COCNC1CCCCC1.[HH]. The summed E-state index contributed by atoms with van der Waals surface area (Å²) in [6.45, 7) is 2.52. The first-order chi connectivity index (χ1) is 8.18. The smallest absolute Gasteiger partial charge is 0.0972 e. The zero-order valence-electron chi connectivity index (χ0n) is 10.6. The molecule has 1 fully saturated rings. The summed E-state index contributed by atoms with van der Waals surface area (Å²) < 4.78 is 5.37. The van der Waals surface area contributed by atoms with E-state index in [0.717, 1.165) is 0 Å². The van der Waals surface area contributed by atoms with E-state index < -0.39 is 0 Å². The second-order valence-corrected chi connectivity index (χ2v) is 4.57. The highest BCUT2D eigenvalue weighted by Crippen LogP contribution is 2.16. The van der Waals surface area contributed by atoms with Gasteiger partial charge in [-0.15, -0.1) is 0 Å². The number of ether oxygens (including phenoxy) is 1. The topological polar surface area (TPSA) is 69.0 Å². The van der Waals surface area contributed by atoms with Crippen LogP contribution in [-0.2, 0) is 4.74 Å². The minimum absolute atomic E-state index is 0. The molecule has 0 aromatic rings. The highest BCUT2D eigenvalue weighted by Gasteiger charge is 2.11. The van der Waals surface area contributed by atoms with E-state index in [1.807, 2.05) is 0 Å². The van der Waals surface area contributed by atoms with Crippen molar-refractivity contribution in [3.05, 3.63) is 12.2 Å². The van der Waals surface area contributed by atoms with Crippen LogP contribution in [-0.4, -0.2) is 30.8 Å². The van der Waals surface area contributed by atoms with Crippen LogP contribution in [0.25, 0.3) is 0 Å². The van der Waals surface area contributed by atoms with Gasteiger partial charge in [-0.3, -0.25) is 5.32 Å². The summed E-state index contributed by atoms with van der Waals surface area (Å²) in [4.78, 5) is 0. The normalized spacial score (nSPS) is 17.5. The number of nitrogens with one attached hydrogen (secondary N) is 3. The van der Waals surface area contributed by atoms with Crippen molar-refractivity contribution in [1.82, 2.24) is 5.32 Å². The minimum Gasteiger partial charge on any atom is -0.360 e. The molecule has 0 heterocycles. The molecule has 0 aliphatic heterocycles. The molecule has 4 nitrogen and oxygen atoms in total. The lowest BCUT2D eigenvalue weighted by Gasteiger charge is -2.22. The van der Waals surface area contributed by atoms with Crippen molar-refractivity contribution in [3.8, 4) is 0 Å². The monoisotopic (exact) mass is 239 g/mol. The van der Waals surface area contributed by atoms with Gasteiger partial charge in [-0.25, -0.2) is 0 Å². The van der Waals surface area contributed by atoms with Gasteiger partial charge in [-0.2, -0.15) is 0 Å². The van der Waals surface area contributed by atoms with Gasteiger partial charge < -0.3 is 15.6 Å². The average molecular weight is 239 g/mol. The first-order valence-corrected chi connectivity index (χ1v) is 6.30. The molecule has 0 radical (unpaired) electrons. The molecular formula is C13H25N3O. The lowest BCUT2D eigenvalue weighted by Crippen LogP contribution is -2.33.